The van der Waals surface area contributed by atoms with E-state index in [1.165, 1.54) is 0 Å². The fourth-order valence-electron chi connectivity index (χ4n) is 1.03. The van der Waals surface area contributed by atoms with Crippen LogP contribution in [0.4, 0.5) is 0 Å². The van der Waals surface area contributed by atoms with Crippen LogP contribution in [-0.4, -0.2) is 17.1 Å². The lowest BCUT2D eigenvalue weighted by molar-refractivity contribution is -0.138. The Bertz CT molecular complexity index is 357. The minimum absolute atomic E-state index is 0.230. The zero-order valence-electron chi connectivity index (χ0n) is 7.21. The first-order valence-corrected chi connectivity index (χ1v) is 5.10. The maximum atomic E-state index is 10.5. The second kappa shape index (κ2) is 4.77. The van der Waals surface area contributed by atoms with Crippen molar-refractivity contribution in [3.63, 3.8) is 0 Å². The van der Waals surface area contributed by atoms with E-state index in [1.54, 1.807) is 18.2 Å². The van der Waals surface area contributed by atoms with Gasteiger partial charge in [0.15, 0.2) is 0 Å². The van der Waals surface area contributed by atoms with E-state index < -0.39 is 12.0 Å². The van der Waals surface area contributed by atoms with E-state index in [2.05, 4.69) is 15.9 Å². The first kappa shape index (κ1) is 11.5. The molecule has 0 aliphatic heterocycles. The van der Waals surface area contributed by atoms with Gasteiger partial charge in [0, 0.05) is 4.47 Å². The zero-order valence-corrected chi connectivity index (χ0v) is 9.55. The number of carboxylic acids is 1. The molecule has 0 unspecified atom stereocenters. The fraction of sp³-hybridized carbons (Fsp3) is 0.222. The molecule has 0 aliphatic rings. The maximum Gasteiger partial charge on any atom is 0.320 e. The van der Waals surface area contributed by atoms with Gasteiger partial charge in [-0.3, -0.25) is 4.79 Å². The van der Waals surface area contributed by atoms with Gasteiger partial charge in [-0.2, -0.15) is 0 Å². The Balaban J connectivity index is 2.87. The summed E-state index contributed by atoms with van der Waals surface area (Å²) in [6.07, 6.45) is 0.230. The standard InChI is InChI=1S/C9H9BrClNO2/c10-6-3-1-2-5(8(6)11)4-7(12)9(13)14/h1-3,7H,4,12H2,(H,13,14)/t7-/m1/s1. The maximum absolute atomic E-state index is 10.5. The topological polar surface area (TPSA) is 63.3 Å². The number of aliphatic carboxylic acids is 1. The molecule has 3 N–H and O–H groups in total. The van der Waals surface area contributed by atoms with Crippen LogP contribution < -0.4 is 5.73 Å². The lowest BCUT2D eigenvalue weighted by Gasteiger charge is -2.08. The van der Waals surface area contributed by atoms with Crippen molar-refractivity contribution in [1.82, 2.24) is 0 Å². The van der Waals surface area contributed by atoms with Gasteiger partial charge >= 0.3 is 5.97 Å². The molecule has 0 fully saturated rings. The number of benzene rings is 1. The largest absolute Gasteiger partial charge is 0.480 e. The Morgan fingerprint density at radius 1 is 1.64 bits per heavy atom. The summed E-state index contributed by atoms with van der Waals surface area (Å²) in [6.45, 7) is 0. The highest BCUT2D eigenvalue weighted by Gasteiger charge is 2.14. The van der Waals surface area contributed by atoms with Crippen molar-refractivity contribution < 1.29 is 9.90 Å². The predicted molar refractivity (Wildman–Crippen MR) is 58.5 cm³/mol. The second-order valence-corrected chi connectivity index (χ2v) is 4.09. The number of hydrogen-bond acceptors (Lipinski definition) is 2. The van der Waals surface area contributed by atoms with Gasteiger partial charge in [-0.25, -0.2) is 0 Å². The molecule has 0 aliphatic carbocycles. The van der Waals surface area contributed by atoms with E-state index in [0.29, 0.717) is 5.02 Å². The van der Waals surface area contributed by atoms with Crippen LogP contribution >= 0.6 is 27.5 Å². The summed E-state index contributed by atoms with van der Waals surface area (Å²) in [5.41, 5.74) is 6.13. The Labute approximate surface area is 95.0 Å². The van der Waals surface area contributed by atoms with Crippen molar-refractivity contribution in [1.29, 1.82) is 0 Å². The molecular formula is C9H9BrClNO2. The van der Waals surface area contributed by atoms with E-state index in [9.17, 15) is 4.79 Å². The first-order chi connectivity index (χ1) is 6.52. The molecule has 1 aromatic rings. The Kier molecular flexibility index (Phi) is 3.92. The highest BCUT2D eigenvalue weighted by Crippen LogP contribution is 2.26. The van der Waals surface area contributed by atoms with Gasteiger partial charge < -0.3 is 10.8 Å². The summed E-state index contributed by atoms with van der Waals surface area (Å²) < 4.78 is 0.745. The van der Waals surface area contributed by atoms with Crippen molar-refractivity contribution in [2.24, 2.45) is 5.73 Å². The number of rotatable bonds is 3. The van der Waals surface area contributed by atoms with Gasteiger partial charge in [0.1, 0.15) is 6.04 Å². The molecule has 0 aromatic heterocycles. The highest BCUT2D eigenvalue weighted by molar-refractivity contribution is 9.10. The van der Waals surface area contributed by atoms with Crippen molar-refractivity contribution in [2.75, 3.05) is 0 Å². The van der Waals surface area contributed by atoms with Gasteiger partial charge in [-0.1, -0.05) is 23.7 Å². The molecule has 76 valence electrons. The normalized spacial score (nSPS) is 12.5. The molecule has 0 bridgehead atoms. The van der Waals surface area contributed by atoms with Crippen LogP contribution in [0.25, 0.3) is 0 Å². The molecule has 0 saturated heterocycles. The molecule has 1 rings (SSSR count). The van der Waals surface area contributed by atoms with Crippen LogP contribution in [0, 0.1) is 0 Å². The number of carboxylic acid groups (broad SMARTS) is 1. The second-order valence-electron chi connectivity index (χ2n) is 2.86. The van der Waals surface area contributed by atoms with Crippen LogP contribution in [-0.2, 0) is 11.2 Å². The molecule has 5 heteroatoms. The minimum Gasteiger partial charge on any atom is -0.480 e. The molecule has 0 radical (unpaired) electrons. The van der Waals surface area contributed by atoms with Crippen LogP contribution in [0.15, 0.2) is 22.7 Å². The third-order valence-corrected chi connectivity index (χ3v) is 3.12. The quantitative estimate of drug-likeness (QED) is 0.889. The molecule has 0 heterocycles. The van der Waals surface area contributed by atoms with E-state index in [0.717, 1.165) is 10.0 Å². The fourth-order valence-corrected chi connectivity index (χ4v) is 1.64. The molecule has 14 heavy (non-hydrogen) atoms. The zero-order chi connectivity index (χ0) is 10.7. The molecule has 1 atom stereocenters. The SMILES string of the molecule is N[C@H](Cc1cccc(Br)c1Cl)C(=O)O. The molecular weight excluding hydrogens is 269 g/mol. The lowest BCUT2D eigenvalue weighted by Crippen LogP contribution is -2.32. The van der Waals surface area contributed by atoms with E-state index in [-0.39, 0.29) is 6.42 Å². The van der Waals surface area contributed by atoms with Crippen LogP contribution in [0.3, 0.4) is 0 Å². The third kappa shape index (κ3) is 2.70. The summed E-state index contributed by atoms with van der Waals surface area (Å²) in [6, 6.07) is 4.43. The Morgan fingerprint density at radius 2 is 2.29 bits per heavy atom. The first-order valence-electron chi connectivity index (χ1n) is 3.93. The van der Waals surface area contributed by atoms with E-state index >= 15 is 0 Å². The smallest absolute Gasteiger partial charge is 0.320 e. The number of nitrogens with two attached hydrogens (primary N) is 1. The van der Waals surface area contributed by atoms with Crippen molar-refractivity contribution in [3.8, 4) is 0 Å². The van der Waals surface area contributed by atoms with Gasteiger partial charge in [-0.05, 0) is 34.0 Å². The summed E-state index contributed by atoms with van der Waals surface area (Å²) in [4.78, 5) is 10.5. The average molecular weight is 279 g/mol. The van der Waals surface area contributed by atoms with Gasteiger partial charge in [0.05, 0.1) is 5.02 Å². The Morgan fingerprint density at radius 3 is 2.86 bits per heavy atom. The van der Waals surface area contributed by atoms with Crippen LogP contribution in [0.1, 0.15) is 5.56 Å². The van der Waals surface area contributed by atoms with Gasteiger partial charge in [-0.15, -0.1) is 0 Å². The van der Waals surface area contributed by atoms with Gasteiger partial charge in [0.25, 0.3) is 0 Å². The molecule has 0 amide bonds. The summed E-state index contributed by atoms with van der Waals surface area (Å²) in [7, 11) is 0. The average Bonchev–Trinajstić information content (AvgIpc) is 2.12. The number of hydrogen-bond donors (Lipinski definition) is 2. The summed E-state index contributed by atoms with van der Waals surface area (Å²) in [5.74, 6) is -1.03. The molecule has 1 aromatic carbocycles. The predicted octanol–water partition coefficient (Wildman–Crippen LogP) is 2.06. The van der Waals surface area contributed by atoms with Crippen molar-refractivity contribution in [3.05, 3.63) is 33.3 Å². The monoisotopic (exact) mass is 277 g/mol. The van der Waals surface area contributed by atoms with E-state index in [4.69, 9.17) is 22.4 Å². The number of carbonyl (C=O) groups is 1. The van der Waals surface area contributed by atoms with Crippen molar-refractivity contribution >= 4 is 33.5 Å². The highest BCUT2D eigenvalue weighted by atomic mass is 79.9. The molecule has 3 nitrogen and oxygen atoms in total. The van der Waals surface area contributed by atoms with Crippen molar-refractivity contribution in [2.45, 2.75) is 12.5 Å². The molecule has 0 spiro atoms. The third-order valence-electron chi connectivity index (χ3n) is 1.79. The van der Waals surface area contributed by atoms with E-state index in [1.807, 2.05) is 0 Å². The number of halogens is 2. The summed E-state index contributed by atoms with van der Waals surface area (Å²) >= 11 is 9.20. The van der Waals surface area contributed by atoms with Crippen LogP contribution in [0.5, 0.6) is 0 Å². The van der Waals surface area contributed by atoms with Gasteiger partial charge in [0.2, 0.25) is 0 Å². The molecule has 0 saturated carbocycles. The summed E-state index contributed by atoms with van der Waals surface area (Å²) in [5, 5.41) is 9.14. The lowest BCUT2D eigenvalue weighted by atomic mass is 10.1. The van der Waals surface area contributed by atoms with Crippen LogP contribution in [0.2, 0.25) is 5.02 Å². The minimum atomic E-state index is -1.03. The Hall–Kier alpha value is -0.580.